The topological polar surface area (TPSA) is 38.0 Å². The largest absolute Gasteiger partial charge is 0.397 e. The lowest BCUT2D eigenvalue weighted by Crippen LogP contribution is -1.96. The van der Waals surface area contributed by atoms with Crippen LogP contribution in [0.15, 0.2) is 42.5 Å². The van der Waals surface area contributed by atoms with E-state index in [4.69, 9.17) is 17.3 Å². The van der Waals surface area contributed by atoms with Gasteiger partial charge in [-0.2, -0.15) is 0 Å². The Bertz CT molecular complexity index is 506. The highest BCUT2D eigenvalue weighted by Crippen LogP contribution is 2.26. The van der Waals surface area contributed by atoms with Crippen LogP contribution in [0.3, 0.4) is 0 Å². The lowest BCUT2D eigenvalue weighted by atomic mass is 10.1. The Hall–Kier alpha value is -1.67. The van der Waals surface area contributed by atoms with Crippen LogP contribution in [0.1, 0.15) is 12.5 Å². The minimum atomic E-state index is 0.648. The van der Waals surface area contributed by atoms with Crippen molar-refractivity contribution in [2.45, 2.75) is 13.3 Å². The molecule has 0 unspecified atom stereocenters. The zero-order chi connectivity index (χ0) is 12.3. The second-order valence-corrected chi connectivity index (χ2v) is 4.34. The molecule has 0 fully saturated rings. The minimum Gasteiger partial charge on any atom is -0.397 e. The minimum absolute atomic E-state index is 0.648. The first-order valence-corrected chi connectivity index (χ1v) is 5.98. The molecule has 2 aromatic carbocycles. The van der Waals surface area contributed by atoms with Gasteiger partial charge in [-0.3, -0.25) is 0 Å². The summed E-state index contributed by atoms with van der Waals surface area (Å²) in [7, 11) is 0. The molecule has 0 bridgehead atoms. The van der Waals surface area contributed by atoms with Crippen molar-refractivity contribution < 1.29 is 0 Å². The van der Waals surface area contributed by atoms with Gasteiger partial charge in [0.1, 0.15) is 0 Å². The molecular formula is C14H15ClN2. The molecular weight excluding hydrogens is 232 g/mol. The van der Waals surface area contributed by atoms with Gasteiger partial charge < -0.3 is 11.1 Å². The van der Waals surface area contributed by atoms with E-state index >= 15 is 0 Å². The number of aryl methyl sites for hydroxylation is 1. The summed E-state index contributed by atoms with van der Waals surface area (Å²) in [4.78, 5) is 0. The van der Waals surface area contributed by atoms with Crippen LogP contribution < -0.4 is 11.1 Å². The Morgan fingerprint density at radius 1 is 1.12 bits per heavy atom. The molecule has 0 radical (unpaired) electrons. The Balaban J connectivity index is 2.19. The first kappa shape index (κ1) is 11.8. The standard InChI is InChI=1S/C14H15ClN2/c1-2-10-3-6-12(7-4-10)17-14-8-5-11(15)9-13(14)16/h3-9,17H,2,16H2,1H3. The maximum atomic E-state index is 5.88. The number of nitrogens with two attached hydrogens (primary N) is 1. The normalized spacial score (nSPS) is 10.2. The SMILES string of the molecule is CCc1ccc(Nc2ccc(Cl)cc2N)cc1. The van der Waals surface area contributed by atoms with Gasteiger partial charge in [0, 0.05) is 10.7 Å². The monoisotopic (exact) mass is 246 g/mol. The first-order chi connectivity index (χ1) is 8.19. The summed E-state index contributed by atoms with van der Waals surface area (Å²) in [6.45, 7) is 2.14. The highest BCUT2D eigenvalue weighted by Gasteiger charge is 2.00. The highest BCUT2D eigenvalue weighted by molar-refractivity contribution is 6.31. The van der Waals surface area contributed by atoms with Crippen LogP contribution in [-0.4, -0.2) is 0 Å². The van der Waals surface area contributed by atoms with Crippen molar-refractivity contribution in [3.8, 4) is 0 Å². The van der Waals surface area contributed by atoms with Crippen molar-refractivity contribution in [2.24, 2.45) is 0 Å². The molecule has 0 amide bonds. The highest BCUT2D eigenvalue weighted by atomic mass is 35.5. The van der Waals surface area contributed by atoms with Gasteiger partial charge in [-0.15, -0.1) is 0 Å². The molecule has 2 aromatic rings. The lowest BCUT2D eigenvalue weighted by Gasteiger charge is -2.10. The van der Waals surface area contributed by atoms with E-state index in [9.17, 15) is 0 Å². The van der Waals surface area contributed by atoms with E-state index in [1.54, 1.807) is 6.07 Å². The quantitative estimate of drug-likeness (QED) is 0.796. The lowest BCUT2D eigenvalue weighted by molar-refractivity contribution is 1.14. The number of hydrogen-bond donors (Lipinski definition) is 2. The Morgan fingerprint density at radius 3 is 2.41 bits per heavy atom. The molecule has 3 heteroatoms. The Labute approximate surface area is 106 Å². The van der Waals surface area contributed by atoms with Crippen LogP contribution in [0, 0.1) is 0 Å². The van der Waals surface area contributed by atoms with Crippen molar-refractivity contribution in [2.75, 3.05) is 11.1 Å². The molecule has 2 rings (SSSR count). The fourth-order valence-corrected chi connectivity index (χ4v) is 1.81. The van der Waals surface area contributed by atoms with E-state index in [-0.39, 0.29) is 0 Å². The van der Waals surface area contributed by atoms with Crippen molar-refractivity contribution in [3.05, 3.63) is 53.1 Å². The molecule has 0 saturated carbocycles. The second kappa shape index (κ2) is 5.11. The van der Waals surface area contributed by atoms with Gasteiger partial charge >= 0.3 is 0 Å². The third-order valence-corrected chi connectivity index (χ3v) is 2.89. The zero-order valence-electron chi connectivity index (χ0n) is 9.70. The van der Waals surface area contributed by atoms with Gasteiger partial charge in [0.15, 0.2) is 0 Å². The summed E-state index contributed by atoms with van der Waals surface area (Å²) in [6.07, 6.45) is 1.05. The molecule has 0 aromatic heterocycles. The fourth-order valence-electron chi connectivity index (χ4n) is 1.63. The predicted octanol–water partition coefficient (Wildman–Crippen LogP) is 4.23. The fraction of sp³-hybridized carbons (Fsp3) is 0.143. The summed E-state index contributed by atoms with van der Waals surface area (Å²) in [5, 5.41) is 3.91. The Morgan fingerprint density at radius 2 is 1.82 bits per heavy atom. The van der Waals surface area contributed by atoms with E-state index in [0.29, 0.717) is 10.7 Å². The van der Waals surface area contributed by atoms with E-state index < -0.39 is 0 Å². The maximum absolute atomic E-state index is 5.88. The van der Waals surface area contributed by atoms with Crippen molar-refractivity contribution in [3.63, 3.8) is 0 Å². The molecule has 0 aliphatic heterocycles. The van der Waals surface area contributed by atoms with Gasteiger partial charge in [0.25, 0.3) is 0 Å². The maximum Gasteiger partial charge on any atom is 0.0618 e. The molecule has 0 spiro atoms. The average molecular weight is 247 g/mol. The van der Waals surface area contributed by atoms with E-state index in [0.717, 1.165) is 17.8 Å². The zero-order valence-corrected chi connectivity index (χ0v) is 10.5. The van der Waals surface area contributed by atoms with Crippen LogP contribution in [0.4, 0.5) is 17.1 Å². The Kier molecular flexibility index (Phi) is 3.55. The van der Waals surface area contributed by atoms with Crippen LogP contribution in [0.25, 0.3) is 0 Å². The summed E-state index contributed by atoms with van der Waals surface area (Å²) in [5.74, 6) is 0. The molecule has 3 N–H and O–H groups in total. The second-order valence-electron chi connectivity index (χ2n) is 3.91. The third kappa shape index (κ3) is 2.92. The smallest absolute Gasteiger partial charge is 0.0618 e. The molecule has 88 valence electrons. The van der Waals surface area contributed by atoms with Gasteiger partial charge in [0.05, 0.1) is 11.4 Å². The van der Waals surface area contributed by atoms with E-state index in [1.165, 1.54) is 5.56 Å². The summed E-state index contributed by atoms with van der Waals surface area (Å²) >= 11 is 5.85. The number of nitrogens with one attached hydrogen (secondary N) is 1. The predicted molar refractivity (Wildman–Crippen MR) is 75.0 cm³/mol. The van der Waals surface area contributed by atoms with Crippen molar-refractivity contribution in [1.82, 2.24) is 0 Å². The molecule has 0 heterocycles. The number of nitrogen functional groups attached to an aromatic ring is 1. The van der Waals surface area contributed by atoms with Crippen molar-refractivity contribution in [1.29, 1.82) is 0 Å². The number of hydrogen-bond acceptors (Lipinski definition) is 2. The number of halogens is 1. The molecule has 0 atom stereocenters. The average Bonchev–Trinajstić information content (AvgIpc) is 2.34. The van der Waals surface area contributed by atoms with Crippen LogP contribution in [0.2, 0.25) is 5.02 Å². The molecule has 0 aliphatic rings. The van der Waals surface area contributed by atoms with Crippen LogP contribution >= 0.6 is 11.6 Å². The van der Waals surface area contributed by atoms with Crippen LogP contribution in [0.5, 0.6) is 0 Å². The van der Waals surface area contributed by atoms with Gasteiger partial charge in [0.2, 0.25) is 0 Å². The molecule has 17 heavy (non-hydrogen) atoms. The third-order valence-electron chi connectivity index (χ3n) is 2.65. The summed E-state index contributed by atoms with van der Waals surface area (Å²) in [6, 6.07) is 13.7. The van der Waals surface area contributed by atoms with Crippen molar-refractivity contribution >= 4 is 28.7 Å². The summed E-state index contributed by atoms with van der Waals surface area (Å²) < 4.78 is 0. The van der Waals surface area contributed by atoms with Gasteiger partial charge in [-0.05, 0) is 42.3 Å². The summed E-state index contributed by atoms with van der Waals surface area (Å²) in [5.41, 5.74) is 9.75. The van der Waals surface area contributed by atoms with Crippen LogP contribution in [-0.2, 0) is 6.42 Å². The molecule has 0 aliphatic carbocycles. The number of benzene rings is 2. The van der Waals surface area contributed by atoms with E-state index in [2.05, 4.69) is 24.4 Å². The van der Waals surface area contributed by atoms with Gasteiger partial charge in [-0.1, -0.05) is 30.7 Å². The number of rotatable bonds is 3. The first-order valence-electron chi connectivity index (χ1n) is 5.60. The number of anilines is 3. The molecule has 2 nitrogen and oxygen atoms in total. The van der Waals surface area contributed by atoms with E-state index in [1.807, 2.05) is 24.3 Å². The van der Waals surface area contributed by atoms with Gasteiger partial charge in [-0.25, -0.2) is 0 Å². The molecule has 0 saturated heterocycles.